The highest BCUT2D eigenvalue weighted by Gasteiger charge is 2.33. The van der Waals surface area contributed by atoms with Gasteiger partial charge in [0.15, 0.2) is 0 Å². The van der Waals surface area contributed by atoms with Crippen molar-refractivity contribution in [3.8, 4) is 0 Å². The van der Waals surface area contributed by atoms with Gasteiger partial charge in [-0.3, -0.25) is 4.79 Å². The summed E-state index contributed by atoms with van der Waals surface area (Å²) in [6.45, 7) is 2.81. The van der Waals surface area contributed by atoms with E-state index in [1.807, 2.05) is 12.1 Å². The van der Waals surface area contributed by atoms with Gasteiger partial charge in [0, 0.05) is 12.7 Å². The normalized spacial score (nSPS) is 21.2. The number of amides is 1. The molecule has 3 rings (SSSR count). The van der Waals surface area contributed by atoms with Crippen molar-refractivity contribution in [1.82, 2.24) is 9.88 Å². The number of hydrogen-bond donors (Lipinski definition) is 1. The van der Waals surface area contributed by atoms with Crippen LogP contribution in [0.1, 0.15) is 52.4 Å². The average Bonchev–Trinajstić information content (AvgIpc) is 3.08. The molecule has 0 aliphatic carbocycles. The summed E-state index contributed by atoms with van der Waals surface area (Å²) in [5.74, 6) is 0.0358. The minimum absolute atomic E-state index is 0.0728. The van der Waals surface area contributed by atoms with Crippen LogP contribution in [-0.4, -0.2) is 33.4 Å². The Hall–Kier alpha value is -2.63. The Morgan fingerprint density at radius 1 is 1.35 bits per heavy atom. The van der Waals surface area contributed by atoms with Crippen LogP contribution in [0.5, 0.6) is 0 Å². The van der Waals surface area contributed by atoms with E-state index in [0.29, 0.717) is 18.0 Å². The van der Waals surface area contributed by atoms with E-state index in [2.05, 4.69) is 11.9 Å². The van der Waals surface area contributed by atoms with Gasteiger partial charge < -0.3 is 14.4 Å². The maximum absolute atomic E-state index is 12.8. The van der Waals surface area contributed by atoms with Gasteiger partial charge in [0.2, 0.25) is 0 Å². The second-order valence-corrected chi connectivity index (χ2v) is 5.90. The lowest BCUT2D eigenvalue weighted by Crippen LogP contribution is -2.40. The Morgan fingerprint density at radius 3 is 2.78 bits per heavy atom. The van der Waals surface area contributed by atoms with E-state index < -0.39 is 5.97 Å². The fourth-order valence-corrected chi connectivity index (χ4v) is 2.95. The Kier molecular flexibility index (Phi) is 4.14. The standard InChI is InChI=1S/C17H18N2O4/c1-11-6-7-19(14(9-11)15-3-2-8-23-15)16(20)12-4-5-13(17(21)22)18-10-12/h2-5,8,10-11,14H,6-7,9H2,1H3,(H,21,22)/t11-,14+/m0/s1. The third-order valence-electron chi connectivity index (χ3n) is 4.23. The molecule has 23 heavy (non-hydrogen) atoms. The Morgan fingerprint density at radius 2 is 2.17 bits per heavy atom. The van der Waals surface area contributed by atoms with E-state index in [1.165, 1.54) is 18.3 Å². The minimum atomic E-state index is -1.11. The van der Waals surface area contributed by atoms with Crippen molar-refractivity contribution in [2.75, 3.05) is 6.54 Å². The zero-order valence-corrected chi connectivity index (χ0v) is 12.8. The molecule has 1 aliphatic heterocycles. The van der Waals surface area contributed by atoms with Crippen LogP contribution in [0.2, 0.25) is 0 Å². The summed E-state index contributed by atoms with van der Waals surface area (Å²) in [4.78, 5) is 29.3. The Balaban J connectivity index is 1.85. The highest BCUT2D eigenvalue weighted by Crippen LogP contribution is 2.35. The second kappa shape index (κ2) is 6.24. The van der Waals surface area contributed by atoms with Crippen LogP contribution in [0.15, 0.2) is 41.1 Å². The molecule has 1 saturated heterocycles. The van der Waals surface area contributed by atoms with E-state index in [-0.39, 0.29) is 17.6 Å². The van der Waals surface area contributed by atoms with Crippen LogP contribution in [0.3, 0.4) is 0 Å². The smallest absolute Gasteiger partial charge is 0.354 e. The first-order valence-electron chi connectivity index (χ1n) is 7.60. The fraction of sp³-hybridized carbons (Fsp3) is 0.353. The number of carboxylic acids is 1. The SMILES string of the molecule is C[C@H]1CCN(C(=O)c2ccc(C(=O)O)nc2)[C@@H](c2ccco2)C1. The zero-order valence-electron chi connectivity index (χ0n) is 12.8. The molecule has 1 fully saturated rings. The van der Waals surface area contributed by atoms with Crippen molar-refractivity contribution < 1.29 is 19.1 Å². The number of rotatable bonds is 3. The molecule has 1 N–H and O–H groups in total. The summed E-state index contributed by atoms with van der Waals surface area (Å²) in [6, 6.07) is 6.47. The molecule has 1 aliphatic rings. The topological polar surface area (TPSA) is 83.6 Å². The first-order chi connectivity index (χ1) is 11.1. The van der Waals surface area contributed by atoms with Crippen molar-refractivity contribution >= 4 is 11.9 Å². The van der Waals surface area contributed by atoms with Gasteiger partial charge in [-0.25, -0.2) is 9.78 Å². The lowest BCUT2D eigenvalue weighted by atomic mass is 9.90. The number of nitrogens with zero attached hydrogens (tertiary/aromatic N) is 2. The molecule has 2 aromatic heterocycles. The lowest BCUT2D eigenvalue weighted by Gasteiger charge is -2.37. The van der Waals surface area contributed by atoms with Crippen molar-refractivity contribution in [3.05, 3.63) is 53.7 Å². The monoisotopic (exact) mass is 314 g/mol. The minimum Gasteiger partial charge on any atom is -0.477 e. The van der Waals surface area contributed by atoms with Crippen LogP contribution in [-0.2, 0) is 0 Å². The molecule has 0 saturated carbocycles. The number of aromatic carboxylic acids is 1. The van der Waals surface area contributed by atoms with Gasteiger partial charge in [-0.05, 0) is 43.0 Å². The van der Waals surface area contributed by atoms with E-state index in [9.17, 15) is 9.59 Å². The van der Waals surface area contributed by atoms with E-state index in [4.69, 9.17) is 9.52 Å². The maximum atomic E-state index is 12.8. The zero-order chi connectivity index (χ0) is 16.4. The number of aromatic nitrogens is 1. The number of carbonyl (C=O) groups is 2. The number of piperidine rings is 1. The molecule has 0 radical (unpaired) electrons. The van der Waals surface area contributed by atoms with E-state index >= 15 is 0 Å². The molecule has 2 atom stereocenters. The number of likely N-dealkylation sites (tertiary alicyclic amines) is 1. The van der Waals surface area contributed by atoms with Crippen LogP contribution < -0.4 is 0 Å². The Labute approximate surface area is 133 Å². The second-order valence-electron chi connectivity index (χ2n) is 5.90. The summed E-state index contributed by atoms with van der Waals surface area (Å²) in [7, 11) is 0. The van der Waals surface area contributed by atoms with Crippen molar-refractivity contribution in [2.24, 2.45) is 5.92 Å². The molecule has 0 aromatic carbocycles. The summed E-state index contributed by atoms with van der Waals surface area (Å²) < 4.78 is 5.50. The van der Waals surface area contributed by atoms with Crippen molar-refractivity contribution in [2.45, 2.75) is 25.8 Å². The first kappa shape index (κ1) is 15.3. The summed E-state index contributed by atoms with van der Waals surface area (Å²) in [5.41, 5.74) is 0.317. The van der Waals surface area contributed by atoms with Gasteiger partial charge in [0.05, 0.1) is 17.9 Å². The van der Waals surface area contributed by atoms with E-state index in [1.54, 1.807) is 11.2 Å². The fourth-order valence-electron chi connectivity index (χ4n) is 2.95. The molecule has 2 aromatic rings. The number of furan rings is 1. The van der Waals surface area contributed by atoms with E-state index in [0.717, 1.165) is 18.6 Å². The lowest BCUT2D eigenvalue weighted by molar-refractivity contribution is 0.0519. The predicted octanol–water partition coefficient (Wildman–Crippen LogP) is 2.99. The molecule has 0 unspecified atom stereocenters. The van der Waals surface area contributed by atoms with Crippen LogP contribution in [0.4, 0.5) is 0 Å². The third kappa shape index (κ3) is 3.11. The number of pyridine rings is 1. The van der Waals surface area contributed by atoms with Gasteiger partial charge in [-0.1, -0.05) is 6.92 Å². The van der Waals surface area contributed by atoms with Crippen LogP contribution in [0, 0.1) is 5.92 Å². The van der Waals surface area contributed by atoms with Gasteiger partial charge in [0.1, 0.15) is 11.5 Å². The van der Waals surface area contributed by atoms with Crippen LogP contribution >= 0.6 is 0 Å². The van der Waals surface area contributed by atoms with Gasteiger partial charge in [-0.15, -0.1) is 0 Å². The molecule has 120 valence electrons. The first-order valence-corrected chi connectivity index (χ1v) is 7.60. The van der Waals surface area contributed by atoms with Gasteiger partial charge >= 0.3 is 5.97 Å². The summed E-state index contributed by atoms with van der Waals surface area (Å²) >= 11 is 0. The summed E-state index contributed by atoms with van der Waals surface area (Å²) in [5, 5.41) is 8.89. The molecule has 1 amide bonds. The Bertz CT molecular complexity index is 694. The molecule has 6 nitrogen and oxygen atoms in total. The maximum Gasteiger partial charge on any atom is 0.354 e. The van der Waals surface area contributed by atoms with Crippen molar-refractivity contribution in [1.29, 1.82) is 0 Å². The average molecular weight is 314 g/mol. The van der Waals surface area contributed by atoms with Gasteiger partial charge in [0.25, 0.3) is 5.91 Å². The molecular formula is C17H18N2O4. The molecule has 6 heteroatoms. The third-order valence-corrected chi connectivity index (χ3v) is 4.23. The number of carboxylic acid groups (broad SMARTS) is 1. The molecule has 3 heterocycles. The molecule has 0 bridgehead atoms. The molecule has 0 spiro atoms. The number of hydrogen-bond acceptors (Lipinski definition) is 4. The van der Waals surface area contributed by atoms with Crippen LogP contribution in [0.25, 0.3) is 0 Å². The van der Waals surface area contributed by atoms with Crippen molar-refractivity contribution in [3.63, 3.8) is 0 Å². The largest absolute Gasteiger partial charge is 0.477 e. The highest BCUT2D eigenvalue weighted by molar-refractivity contribution is 5.95. The highest BCUT2D eigenvalue weighted by atomic mass is 16.4. The predicted molar refractivity (Wildman–Crippen MR) is 82.1 cm³/mol. The van der Waals surface area contributed by atoms with Gasteiger partial charge in [-0.2, -0.15) is 0 Å². The summed E-state index contributed by atoms with van der Waals surface area (Å²) in [6.07, 6.45) is 4.72. The quantitative estimate of drug-likeness (QED) is 0.941. The molecular weight excluding hydrogens is 296 g/mol. The number of carbonyl (C=O) groups excluding carboxylic acids is 1.